The second-order valence-corrected chi connectivity index (χ2v) is 6.98. The van der Waals surface area contributed by atoms with Crippen molar-refractivity contribution in [1.29, 1.82) is 0 Å². The highest BCUT2D eigenvalue weighted by Gasteiger charge is 2.56. The number of benzene rings is 1. The third-order valence-electron chi connectivity index (χ3n) is 5.99. The summed E-state index contributed by atoms with van der Waals surface area (Å²) in [5.74, 6) is 0. The molecule has 2 bridgehead atoms. The van der Waals surface area contributed by atoms with Gasteiger partial charge in [0.05, 0.1) is 0 Å². The molecule has 0 saturated carbocycles. The van der Waals surface area contributed by atoms with Gasteiger partial charge in [0.25, 0.3) is 0 Å². The van der Waals surface area contributed by atoms with Crippen LogP contribution in [0.15, 0.2) is 18.2 Å². The fourth-order valence-corrected chi connectivity index (χ4v) is 4.46. The summed E-state index contributed by atoms with van der Waals surface area (Å²) >= 11 is 0. The highest BCUT2D eigenvalue weighted by molar-refractivity contribution is 5.53. The number of likely N-dealkylation sites (tertiary alicyclic amines) is 1. The minimum absolute atomic E-state index is 0.130. The van der Waals surface area contributed by atoms with Gasteiger partial charge in [-0.2, -0.15) is 0 Å². The Morgan fingerprint density at radius 3 is 2.74 bits per heavy atom. The highest BCUT2D eigenvalue weighted by Crippen LogP contribution is 2.56. The van der Waals surface area contributed by atoms with E-state index >= 15 is 0 Å². The zero-order chi connectivity index (χ0) is 13.8. The van der Waals surface area contributed by atoms with Crippen molar-refractivity contribution >= 4 is 6.41 Å². The number of carbonyl (C=O) groups excluding carboxylic acids is 1. The van der Waals surface area contributed by atoms with Crippen LogP contribution >= 0.6 is 0 Å². The number of piperidine rings is 1. The molecule has 1 aliphatic carbocycles. The molecule has 1 aliphatic heterocycles. The summed E-state index contributed by atoms with van der Waals surface area (Å²) in [7, 11) is 0. The lowest BCUT2D eigenvalue weighted by Crippen LogP contribution is -2.63. The third-order valence-corrected chi connectivity index (χ3v) is 5.99. The minimum atomic E-state index is 0.130. The van der Waals surface area contributed by atoms with Crippen molar-refractivity contribution in [3.05, 3.63) is 34.9 Å². The third kappa shape index (κ3) is 1.46. The molecule has 1 amide bonds. The molecule has 0 radical (unpaired) electrons. The fraction of sp³-hybridized carbons (Fsp3) is 0.588. The molecule has 2 atom stereocenters. The van der Waals surface area contributed by atoms with Crippen molar-refractivity contribution in [2.75, 3.05) is 6.54 Å². The zero-order valence-corrected chi connectivity index (χ0v) is 12.4. The van der Waals surface area contributed by atoms with Gasteiger partial charge in [-0.3, -0.25) is 4.79 Å². The molecule has 0 N–H and O–H groups in total. The number of hydrogen-bond acceptors (Lipinski definition) is 1. The maximum absolute atomic E-state index is 11.4. The van der Waals surface area contributed by atoms with E-state index in [1.165, 1.54) is 11.1 Å². The molecular formula is C17H23NO. The Labute approximate surface area is 115 Å². The smallest absolute Gasteiger partial charge is 0.209 e. The maximum Gasteiger partial charge on any atom is 0.209 e. The van der Waals surface area contributed by atoms with Gasteiger partial charge in [0.1, 0.15) is 0 Å². The van der Waals surface area contributed by atoms with Crippen molar-refractivity contribution in [2.45, 2.75) is 52.0 Å². The predicted molar refractivity (Wildman–Crippen MR) is 77.2 cm³/mol. The second-order valence-electron chi connectivity index (χ2n) is 6.98. The van der Waals surface area contributed by atoms with E-state index in [1.807, 2.05) is 4.90 Å². The lowest BCUT2D eigenvalue weighted by Gasteiger charge is -2.60. The first kappa shape index (κ1) is 12.7. The van der Waals surface area contributed by atoms with Crippen molar-refractivity contribution in [2.24, 2.45) is 5.41 Å². The van der Waals surface area contributed by atoms with Crippen molar-refractivity contribution in [1.82, 2.24) is 4.90 Å². The van der Waals surface area contributed by atoms with Crippen molar-refractivity contribution in [3.63, 3.8) is 0 Å². The lowest BCUT2D eigenvalue weighted by molar-refractivity contribution is -0.129. The van der Waals surface area contributed by atoms with E-state index in [9.17, 15) is 4.79 Å². The summed E-state index contributed by atoms with van der Waals surface area (Å²) in [5, 5.41) is 0. The lowest BCUT2D eigenvalue weighted by atomic mass is 9.50. The van der Waals surface area contributed by atoms with Crippen LogP contribution in [0.4, 0.5) is 0 Å². The Morgan fingerprint density at radius 1 is 1.32 bits per heavy atom. The predicted octanol–water partition coefficient (Wildman–Crippen LogP) is 3.07. The molecule has 1 fully saturated rings. The van der Waals surface area contributed by atoms with Crippen LogP contribution in [0.5, 0.6) is 0 Å². The maximum atomic E-state index is 11.4. The molecule has 2 aliphatic rings. The Hall–Kier alpha value is -1.31. The van der Waals surface area contributed by atoms with Crippen LogP contribution in [-0.4, -0.2) is 23.9 Å². The molecule has 0 aromatic heterocycles. The number of hydrogen-bond donors (Lipinski definition) is 0. The minimum Gasteiger partial charge on any atom is -0.341 e. The molecule has 19 heavy (non-hydrogen) atoms. The van der Waals surface area contributed by atoms with E-state index in [2.05, 4.69) is 45.9 Å². The first-order chi connectivity index (χ1) is 8.91. The van der Waals surface area contributed by atoms with Crippen LogP contribution in [0, 0.1) is 12.3 Å². The average Bonchev–Trinajstić information content (AvgIpc) is 2.33. The molecule has 1 heterocycles. The van der Waals surface area contributed by atoms with Crippen LogP contribution in [-0.2, 0) is 16.6 Å². The molecular weight excluding hydrogens is 234 g/mol. The molecule has 0 unspecified atom stereocenters. The molecule has 102 valence electrons. The normalized spacial score (nSPS) is 31.8. The van der Waals surface area contributed by atoms with E-state index < -0.39 is 0 Å². The monoisotopic (exact) mass is 257 g/mol. The summed E-state index contributed by atoms with van der Waals surface area (Å²) in [5.41, 5.74) is 4.70. The molecule has 3 rings (SSSR count). The molecule has 2 nitrogen and oxygen atoms in total. The SMILES string of the molecule is Cc1cccc2c1[C@]1(C)CCN(C=O)[C@H](C2)C1(C)C. The topological polar surface area (TPSA) is 20.3 Å². The second kappa shape index (κ2) is 3.84. The van der Waals surface area contributed by atoms with Crippen LogP contribution in [0.25, 0.3) is 0 Å². The highest BCUT2D eigenvalue weighted by atomic mass is 16.1. The van der Waals surface area contributed by atoms with Gasteiger partial charge >= 0.3 is 0 Å². The van der Waals surface area contributed by atoms with Gasteiger partial charge in [-0.25, -0.2) is 0 Å². The van der Waals surface area contributed by atoms with Crippen LogP contribution in [0.1, 0.15) is 43.9 Å². The zero-order valence-electron chi connectivity index (χ0n) is 12.4. The average molecular weight is 257 g/mol. The summed E-state index contributed by atoms with van der Waals surface area (Å²) in [6.45, 7) is 10.2. The van der Waals surface area contributed by atoms with Gasteiger partial charge in [-0.15, -0.1) is 0 Å². The Balaban J connectivity index is 2.24. The number of carbonyl (C=O) groups is 1. The van der Waals surface area contributed by atoms with Crippen LogP contribution in [0.2, 0.25) is 0 Å². The Bertz CT molecular complexity index is 534. The number of aryl methyl sites for hydroxylation is 1. The summed E-state index contributed by atoms with van der Waals surface area (Å²) in [4.78, 5) is 13.4. The summed E-state index contributed by atoms with van der Waals surface area (Å²) < 4.78 is 0. The van der Waals surface area contributed by atoms with E-state index in [4.69, 9.17) is 0 Å². The van der Waals surface area contributed by atoms with E-state index in [0.717, 1.165) is 25.8 Å². The van der Waals surface area contributed by atoms with Crippen LogP contribution in [0.3, 0.4) is 0 Å². The first-order valence-electron chi connectivity index (χ1n) is 7.22. The van der Waals surface area contributed by atoms with Gasteiger partial charge in [0.15, 0.2) is 0 Å². The van der Waals surface area contributed by atoms with Gasteiger partial charge in [0, 0.05) is 18.0 Å². The molecule has 2 heteroatoms. The largest absolute Gasteiger partial charge is 0.341 e. The molecule has 1 aromatic rings. The molecule has 0 spiro atoms. The Kier molecular flexibility index (Phi) is 2.57. The summed E-state index contributed by atoms with van der Waals surface area (Å²) in [6, 6.07) is 6.96. The number of fused-ring (bicyclic) bond motifs is 4. The number of amides is 1. The molecule has 1 aromatic carbocycles. The Morgan fingerprint density at radius 2 is 2.05 bits per heavy atom. The van der Waals surface area contributed by atoms with Crippen molar-refractivity contribution < 1.29 is 4.79 Å². The van der Waals surface area contributed by atoms with E-state index in [1.54, 1.807) is 5.56 Å². The number of rotatable bonds is 1. The summed E-state index contributed by atoms with van der Waals surface area (Å²) in [6.07, 6.45) is 3.11. The standard InChI is InChI=1S/C17H23NO/c1-12-6-5-7-13-10-14-16(2,3)17(4,15(12)13)8-9-18(14)11-19/h5-7,11,14H,8-10H2,1-4H3/t14-,17+/m1/s1. The van der Waals surface area contributed by atoms with Crippen molar-refractivity contribution in [3.8, 4) is 0 Å². The van der Waals surface area contributed by atoms with E-state index in [-0.39, 0.29) is 10.8 Å². The fourth-order valence-electron chi connectivity index (χ4n) is 4.46. The number of nitrogens with zero attached hydrogens (tertiary/aromatic N) is 1. The van der Waals surface area contributed by atoms with Gasteiger partial charge < -0.3 is 4.90 Å². The van der Waals surface area contributed by atoms with Gasteiger partial charge in [-0.05, 0) is 41.9 Å². The van der Waals surface area contributed by atoms with Gasteiger partial charge in [0.2, 0.25) is 6.41 Å². The first-order valence-corrected chi connectivity index (χ1v) is 7.22. The van der Waals surface area contributed by atoms with Crippen LogP contribution < -0.4 is 0 Å². The quantitative estimate of drug-likeness (QED) is 0.708. The molecule has 1 saturated heterocycles. The van der Waals surface area contributed by atoms with E-state index in [0.29, 0.717) is 6.04 Å². The van der Waals surface area contributed by atoms with Gasteiger partial charge in [-0.1, -0.05) is 39.0 Å².